The first-order valence-corrected chi connectivity index (χ1v) is 6.13. The Bertz CT molecular complexity index is 555. The highest BCUT2D eigenvalue weighted by Crippen LogP contribution is 2.25. The van der Waals surface area contributed by atoms with Crippen molar-refractivity contribution in [3.05, 3.63) is 36.4 Å². The molecule has 2 amide bonds. The SMILES string of the molecule is C=CCNC(=O)CC(=O)N/N=C\c1ccc(O)c(OC)c1. The molecule has 0 atom stereocenters. The first kappa shape index (κ1) is 16.2. The second kappa shape index (κ2) is 8.36. The van der Waals surface area contributed by atoms with Crippen molar-refractivity contribution in [1.82, 2.24) is 10.7 Å². The Hall–Kier alpha value is -2.83. The highest BCUT2D eigenvalue weighted by molar-refractivity contribution is 5.97. The van der Waals surface area contributed by atoms with Gasteiger partial charge in [0.05, 0.1) is 13.3 Å². The molecule has 0 spiro atoms. The van der Waals surface area contributed by atoms with E-state index in [0.29, 0.717) is 17.9 Å². The summed E-state index contributed by atoms with van der Waals surface area (Å²) < 4.78 is 4.94. The van der Waals surface area contributed by atoms with Crippen LogP contribution >= 0.6 is 0 Å². The Labute approximate surface area is 122 Å². The highest BCUT2D eigenvalue weighted by Gasteiger charge is 2.07. The summed E-state index contributed by atoms with van der Waals surface area (Å²) in [5, 5.41) is 15.6. The summed E-state index contributed by atoms with van der Waals surface area (Å²) in [5.41, 5.74) is 2.86. The van der Waals surface area contributed by atoms with Crippen molar-refractivity contribution in [2.75, 3.05) is 13.7 Å². The summed E-state index contributed by atoms with van der Waals surface area (Å²) in [7, 11) is 1.43. The fourth-order valence-corrected chi connectivity index (χ4v) is 1.39. The summed E-state index contributed by atoms with van der Waals surface area (Å²) in [6.45, 7) is 3.76. The first-order chi connectivity index (χ1) is 10.1. The Morgan fingerprint density at radius 1 is 1.43 bits per heavy atom. The van der Waals surface area contributed by atoms with E-state index in [0.717, 1.165) is 0 Å². The lowest BCUT2D eigenvalue weighted by Gasteiger charge is -2.03. The number of hydrogen-bond donors (Lipinski definition) is 3. The van der Waals surface area contributed by atoms with E-state index >= 15 is 0 Å². The van der Waals surface area contributed by atoms with Crippen molar-refractivity contribution in [2.24, 2.45) is 5.10 Å². The third kappa shape index (κ3) is 5.77. The van der Waals surface area contributed by atoms with Crippen LogP contribution in [-0.2, 0) is 9.59 Å². The molecule has 3 N–H and O–H groups in total. The predicted octanol–water partition coefficient (Wildman–Crippen LogP) is 0.543. The van der Waals surface area contributed by atoms with Gasteiger partial charge in [-0.2, -0.15) is 5.10 Å². The maximum absolute atomic E-state index is 11.4. The summed E-state index contributed by atoms with van der Waals surface area (Å²) >= 11 is 0. The maximum Gasteiger partial charge on any atom is 0.249 e. The molecule has 0 aromatic heterocycles. The van der Waals surface area contributed by atoms with Gasteiger partial charge in [-0.1, -0.05) is 6.08 Å². The Morgan fingerprint density at radius 2 is 2.19 bits per heavy atom. The summed E-state index contributed by atoms with van der Waals surface area (Å²) in [5.74, 6) is -0.626. The second-order valence-electron chi connectivity index (χ2n) is 3.99. The van der Waals surface area contributed by atoms with Gasteiger partial charge in [-0.05, 0) is 23.8 Å². The first-order valence-electron chi connectivity index (χ1n) is 6.13. The van der Waals surface area contributed by atoms with E-state index in [9.17, 15) is 14.7 Å². The van der Waals surface area contributed by atoms with Gasteiger partial charge in [0.25, 0.3) is 0 Å². The number of benzene rings is 1. The van der Waals surface area contributed by atoms with E-state index in [1.165, 1.54) is 25.5 Å². The molecule has 112 valence electrons. The van der Waals surface area contributed by atoms with Crippen LogP contribution in [0.2, 0.25) is 0 Å². The van der Waals surface area contributed by atoms with Crippen LogP contribution in [0.1, 0.15) is 12.0 Å². The molecule has 0 aliphatic carbocycles. The lowest BCUT2D eigenvalue weighted by Crippen LogP contribution is -2.29. The molecular formula is C14H17N3O4. The van der Waals surface area contributed by atoms with Gasteiger partial charge in [-0.3, -0.25) is 9.59 Å². The number of hydrogen-bond acceptors (Lipinski definition) is 5. The summed E-state index contributed by atoms with van der Waals surface area (Å²) in [4.78, 5) is 22.7. The normalized spacial score (nSPS) is 10.1. The molecule has 0 saturated heterocycles. The van der Waals surface area contributed by atoms with Gasteiger partial charge < -0.3 is 15.2 Å². The molecule has 1 aromatic carbocycles. The Balaban J connectivity index is 2.48. The largest absolute Gasteiger partial charge is 0.504 e. The number of ether oxygens (including phenoxy) is 1. The number of aromatic hydroxyl groups is 1. The summed E-state index contributed by atoms with van der Waals surface area (Å²) in [6, 6.07) is 4.61. The molecule has 0 radical (unpaired) electrons. The molecule has 0 saturated carbocycles. The van der Waals surface area contributed by atoms with Gasteiger partial charge in [-0.25, -0.2) is 5.43 Å². The van der Waals surface area contributed by atoms with Crippen LogP contribution in [0.15, 0.2) is 36.0 Å². The van der Waals surface area contributed by atoms with E-state index < -0.39 is 11.8 Å². The molecule has 1 aromatic rings. The third-order valence-electron chi connectivity index (χ3n) is 2.37. The summed E-state index contributed by atoms with van der Waals surface area (Å²) in [6.07, 6.45) is 2.58. The molecule has 0 aliphatic heterocycles. The van der Waals surface area contributed by atoms with Gasteiger partial charge >= 0.3 is 0 Å². The maximum atomic E-state index is 11.4. The van der Waals surface area contributed by atoms with Crippen molar-refractivity contribution >= 4 is 18.0 Å². The van der Waals surface area contributed by atoms with Gasteiger partial charge in [0.1, 0.15) is 6.42 Å². The van der Waals surface area contributed by atoms with Crippen molar-refractivity contribution in [3.8, 4) is 11.5 Å². The van der Waals surface area contributed by atoms with Crippen LogP contribution in [0, 0.1) is 0 Å². The topological polar surface area (TPSA) is 100 Å². The standard InChI is InChI=1S/C14H17N3O4/c1-3-6-15-13(19)8-14(20)17-16-9-10-4-5-11(18)12(7-10)21-2/h3-5,7,9,18H,1,6,8H2,2H3,(H,15,19)(H,17,20)/b16-9-. The van der Waals surface area contributed by atoms with Gasteiger partial charge in [0.2, 0.25) is 11.8 Å². The fraction of sp³-hybridized carbons (Fsp3) is 0.214. The number of hydrazone groups is 1. The predicted molar refractivity (Wildman–Crippen MR) is 78.2 cm³/mol. The minimum atomic E-state index is -0.529. The number of rotatable bonds is 7. The highest BCUT2D eigenvalue weighted by atomic mass is 16.5. The van der Waals surface area contributed by atoms with Crippen LogP contribution < -0.4 is 15.5 Å². The molecule has 0 fully saturated rings. The Morgan fingerprint density at radius 3 is 2.86 bits per heavy atom. The Kier molecular flexibility index (Phi) is 6.46. The van der Waals surface area contributed by atoms with E-state index in [-0.39, 0.29) is 12.2 Å². The van der Waals surface area contributed by atoms with Crippen LogP contribution in [0.3, 0.4) is 0 Å². The number of carbonyl (C=O) groups is 2. The zero-order valence-electron chi connectivity index (χ0n) is 11.6. The molecule has 0 aliphatic rings. The third-order valence-corrected chi connectivity index (χ3v) is 2.37. The van der Waals surface area contributed by atoms with Crippen LogP contribution in [0.25, 0.3) is 0 Å². The average Bonchev–Trinajstić information content (AvgIpc) is 2.46. The minimum Gasteiger partial charge on any atom is -0.504 e. The van der Waals surface area contributed by atoms with Gasteiger partial charge in [0, 0.05) is 6.54 Å². The van der Waals surface area contributed by atoms with Crippen molar-refractivity contribution in [3.63, 3.8) is 0 Å². The molecule has 0 unspecified atom stereocenters. The molecule has 0 bridgehead atoms. The van der Waals surface area contributed by atoms with Crippen molar-refractivity contribution < 1.29 is 19.4 Å². The zero-order valence-corrected chi connectivity index (χ0v) is 11.6. The quantitative estimate of drug-likeness (QED) is 0.295. The molecule has 7 nitrogen and oxygen atoms in total. The number of phenols is 1. The van der Waals surface area contributed by atoms with E-state index in [1.54, 1.807) is 12.1 Å². The van der Waals surface area contributed by atoms with Crippen LogP contribution in [-0.4, -0.2) is 36.8 Å². The number of carbonyl (C=O) groups excluding carboxylic acids is 2. The van der Waals surface area contributed by atoms with Crippen molar-refractivity contribution in [2.45, 2.75) is 6.42 Å². The number of phenolic OH excluding ortho intramolecular Hbond substituents is 1. The van der Waals surface area contributed by atoms with E-state index in [2.05, 4.69) is 22.4 Å². The van der Waals surface area contributed by atoms with Crippen molar-refractivity contribution in [1.29, 1.82) is 0 Å². The molecule has 0 heterocycles. The smallest absolute Gasteiger partial charge is 0.249 e. The monoisotopic (exact) mass is 291 g/mol. The zero-order chi connectivity index (χ0) is 15.7. The number of methoxy groups -OCH3 is 1. The average molecular weight is 291 g/mol. The number of amides is 2. The molecule has 21 heavy (non-hydrogen) atoms. The van der Waals surface area contributed by atoms with E-state index in [1.807, 2.05) is 0 Å². The van der Waals surface area contributed by atoms with Crippen LogP contribution in [0.4, 0.5) is 0 Å². The molecule has 1 rings (SSSR count). The minimum absolute atomic E-state index is 0.0116. The van der Waals surface area contributed by atoms with Gasteiger partial charge in [0.15, 0.2) is 11.5 Å². The second-order valence-corrected chi connectivity index (χ2v) is 3.99. The number of nitrogens with one attached hydrogen (secondary N) is 2. The van der Waals surface area contributed by atoms with E-state index in [4.69, 9.17) is 4.74 Å². The lowest BCUT2D eigenvalue weighted by molar-refractivity contribution is -0.129. The molecule has 7 heteroatoms. The van der Waals surface area contributed by atoms with Gasteiger partial charge in [-0.15, -0.1) is 6.58 Å². The lowest BCUT2D eigenvalue weighted by atomic mass is 10.2. The van der Waals surface area contributed by atoms with Crippen LogP contribution in [0.5, 0.6) is 11.5 Å². The number of nitrogens with zero attached hydrogens (tertiary/aromatic N) is 1. The fourth-order valence-electron chi connectivity index (χ4n) is 1.39. The molecular weight excluding hydrogens is 274 g/mol.